The Balaban J connectivity index is 2.29. The SMILES string of the molecule is O=S(=O)(/N=C/c1ccc(Cl)cc1)c1cccc(Br)c1. The molecule has 2 aromatic carbocycles. The predicted molar refractivity (Wildman–Crippen MR) is 80.4 cm³/mol. The van der Waals surface area contributed by atoms with Gasteiger partial charge in [-0.1, -0.05) is 45.7 Å². The fraction of sp³-hybridized carbons (Fsp3) is 0. The fourth-order valence-corrected chi connectivity index (χ4v) is 2.95. The third kappa shape index (κ3) is 3.89. The molecular weight excluding hydrogens is 350 g/mol. The maximum absolute atomic E-state index is 12.0. The van der Waals surface area contributed by atoms with Gasteiger partial charge in [0.2, 0.25) is 0 Å². The fourth-order valence-electron chi connectivity index (χ4n) is 1.37. The van der Waals surface area contributed by atoms with Gasteiger partial charge in [0.15, 0.2) is 0 Å². The van der Waals surface area contributed by atoms with Gasteiger partial charge in [0, 0.05) is 15.7 Å². The second-order valence-electron chi connectivity index (χ2n) is 3.72. The van der Waals surface area contributed by atoms with Gasteiger partial charge in [0.25, 0.3) is 10.0 Å². The van der Waals surface area contributed by atoms with Gasteiger partial charge in [0.1, 0.15) is 0 Å². The summed E-state index contributed by atoms with van der Waals surface area (Å²) >= 11 is 8.97. The third-order valence-electron chi connectivity index (χ3n) is 2.30. The van der Waals surface area contributed by atoms with Crippen LogP contribution in [0.4, 0.5) is 0 Å². The Kier molecular flexibility index (Phi) is 4.39. The number of sulfonamides is 1. The summed E-state index contributed by atoms with van der Waals surface area (Å²) in [6.45, 7) is 0. The van der Waals surface area contributed by atoms with Crippen LogP contribution in [0.25, 0.3) is 0 Å². The molecule has 0 aliphatic carbocycles. The third-order valence-corrected chi connectivity index (χ3v) is 4.28. The Labute approximate surface area is 125 Å². The second kappa shape index (κ2) is 5.86. The Morgan fingerprint density at radius 1 is 1.11 bits per heavy atom. The summed E-state index contributed by atoms with van der Waals surface area (Å²) in [7, 11) is -3.68. The van der Waals surface area contributed by atoms with Gasteiger partial charge in [-0.2, -0.15) is 12.8 Å². The van der Waals surface area contributed by atoms with Crippen molar-refractivity contribution in [2.75, 3.05) is 0 Å². The molecule has 0 radical (unpaired) electrons. The summed E-state index contributed by atoms with van der Waals surface area (Å²) in [4.78, 5) is 0.145. The zero-order chi connectivity index (χ0) is 13.9. The minimum absolute atomic E-state index is 0.145. The summed E-state index contributed by atoms with van der Waals surface area (Å²) < 4.78 is 28.3. The molecule has 2 rings (SSSR count). The topological polar surface area (TPSA) is 46.5 Å². The number of nitrogens with zero attached hydrogens (tertiary/aromatic N) is 1. The van der Waals surface area contributed by atoms with Crippen molar-refractivity contribution in [2.45, 2.75) is 4.90 Å². The maximum Gasteiger partial charge on any atom is 0.282 e. The summed E-state index contributed by atoms with van der Waals surface area (Å²) in [5, 5.41) is 0.590. The van der Waals surface area contributed by atoms with E-state index in [9.17, 15) is 8.42 Å². The lowest BCUT2D eigenvalue weighted by Crippen LogP contribution is -1.97. The quantitative estimate of drug-likeness (QED) is 0.781. The van der Waals surface area contributed by atoms with Crippen molar-refractivity contribution in [1.82, 2.24) is 0 Å². The molecule has 3 nitrogen and oxygen atoms in total. The minimum Gasteiger partial charge on any atom is -0.199 e. The molecular formula is C13H9BrClNO2S. The van der Waals surface area contributed by atoms with Crippen LogP contribution >= 0.6 is 27.5 Å². The molecule has 0 spiro atoms. The first-order valence-corrected chi connectivity index (χ1v) is 7.90. The molecule has 0 unspecified atom stereocenters. The van der Waals surface area contributed by atoms with Gasteiger partial charge in [-0.05, 0) is 35.9 Å². The lowest BCUT2D eigenvalue weighted by Gasteiger charge is -1.99. The second-order valence-corrected chi connectivity index (χ2v) is 6.70. The van der Waals surface area contributed by atoms with E-state index < -0.39 is 10.0 Å². The van der Waals surface area contributed by atoms with E-state index in [2.05, 4.69) is 20.3 Å². The van der Waals surface area contributed by atoms with Crippen LogP contribution in [0, 0.1) is 0 Å². The Hall–Kier alpha value is -1.17. The van der Waals surface area contributed by atoms with Crippen LogP contribution < -0.4 is 0 Å². The highest BCUT2D eigenvalue weighted by molar-refractivity contribution is 9.10. The maximum atomic E-state index is 12.0. The number of halogens is 2. The van der Waals surface area contributed by atoms with E-state index in [1.54, 1.807) is 36.4 Å². The number of rotatable bonds is 3. The van der Waals surface area contributed by atoms with Gasteiger partial charge < -0.3 is 0 Å². The first-order valence-electron chi connectivity index (χ1n) is 5.29. The lowest BCUT2D eigenvalue weighted by atomic mass is 10.2. The molecule has 0 aromatic heterocycles. The normalized spacial score (nSPS) is 11.9. The van der Waals surface area contributed by atoms with E-state index >= 15 is 0 Å². The molecule has 0 saturated heterocycles. The van der Waals surface area contributed by atoms with Gasteiger partial charge in [-0.25, -0.2) is 0 Å². The molecule has 0 N–H and O–H groups in total. The van der Waals surface area contributed by atoms with E-state index in [1.807, 2.05) is 0 Å². The van der Waals surface area contributed by atoms with E-state index in [4.69, 9.17) is 11.6 Å². The molecule has 0 bridgehead atoms. The Morgan fingerprint density at radius 2 is 1.79 bits per heavy atom. The van der Waals surface area contributed by atoms with E-state index in [0.29, 0.717) is 15.1 Å². The highest BCUT2D eigenvalue weighted by Crippen LogP contribution is 2.18. The molecule has 0 saturated carbocycles. The van der Waals surface area contributed by atoms with Gasteiger partial charge >= 0.3 is 0 Å². The molecule has 0 heterocycles. The lowest BCUT2D eigenvalue weighted by molar-refractivity contribution is 0.598. The largest absolute Gasteiger partial charge is 0.282 e. The van der Waals surface area contributed by atoms with Crippen molar-refractivity contribution in [1.29, 1.82) is 0 Å². The molecule has 6 heteroatoms. The van der Waals surface area contributed by atoms with Crippen molar-refractivity contribution in [3.8, 4) is 0 Å². The van der Waals surface area contributed by atoms with Crippen LogP contribution in [0.2, 0.25) is 5.02 Å². The number of hydrogen-bond donors (Lipinski definition) is 0. The van der Waals surface area contributed by atoms with Crippen LogP contribution in [-0.2, 0) is 10.0 Å². The van der Waals surface area contributed by atoms with Crippen molar-refractivity contribution in [3.63, 3.8) is 0 Å². The van der Waals surface area contributed by atoms with Crippen LogP contribution in [0.1, 0.15) is 5.56 Å². The zero-order valence-corrected chi connectivity index (χ0v) is 12.8. The Bertz CT molecular complexity index is 712. The number of benzene rings is 2. The standard InChI is InChI=1S/C13H9BrClNO2S/c14-11-2-1-3-13(8-11)19(17,18)16-9-10-4-6-12(15)7-5-10/h1-9H/b16-9+. The van der Waals surface area contributed by atoms with Crippen LogP contribution in [0.3, 0.4) is 0 Å². The van der Waals surface area contributed by atoms with Gasteiger partial charge in [-0.3, -0.25) is 0 Å². The first-order chi connectivity index (χ1) is 8.97. The van der Waals surface area contributed by atoms with Crippen LogP contribution in [0.15, 0.2) is 62.3 Å². The minimum atomic E-state index is -3.68. The monoisotopic (exact) mass is 357 g/mol. The average Bonchev–Trinajstić information content (AvgIpc) is 2.38. The summed E-state index contributed by atoms with van der Waals surface area (Å²) in [6, 6.07) is 13.2. The van der Waals surface area contributed by atoms with E-state index in [0.717, 1.165) is 0 Å². The van der Waals surface area contributed by atoms with Gasteiger partial charge in [-0.15, -0.1) is 0 Å². The highest BCUT2D eigenvalue weighted by Gasteiger charge is 2.11. The van der Waals surface area contributed by atoms with E-state index in [1.165, 1.54) is 18.3 Å². The smallest absolute Gasteiger partial charge is 0.199 e. The van der Waals surface area contributed by atoms with E-state index in [-0.39, 0.29) is 4.90 Å². The molecule has 0 fully saturated rings. The first kappa shape index (κ1) is 14.2. The zero-order valence-electron chi connectivity index (χ0n) is 9.62. The molecule has 98 valence electrons. The summed E-state index contributed by atoms with van der Waals surface area (Å²) in [6.07, 6.45) is 1.30. The van der Waals surface area contributed by atoms with Crippen LogP contribution in [0.5, 0.6) is 0 Å². The van der Waals surface area contributed by atoms with Crippen molar-refractivity contribution in [2.24, 2.45) is 4.40 Å². The molecule has 0 aliphatic rings. The summed E-state index contributed by atoms with van der Waals surface area (Å²) in [5.41, 5.74) is 0.669. The van der Waals surface area contributed by atoms with Gasteiger partial charge in [0.05, 0.1) is 4.90 Å². The van der Waals surface area contributed by atoms with Crippen molar-refractivity contribution < 1.29 is 8.42 Å². The predicted octanol–water partition coefficient (Wildman–Crippen LogP) is 3.91. The molecule has 19 heavy (non-hydrogen) atoms. The number of hydrogen-bond acceptors (Lipinski definition) is 2. The molecule has 0 aliphatic heterocycles. The molecule has 2 aromatic rings. The Morgan fingerprint density at radius 3 is 2.42 bits per heavy atom. The molecule has 0 amide bonds. The average molecular weight is 359 g/mol. The molecule has 0 atom stereocenters. The van der Waals surface area contributed by atoms with Crippen molar-refractivity contribution in [3.05, 3.63) is 63.6 Å². The summed E-state index contributed by atoms with van der Waals surface area (Å²) in [5.74, 6) is 0. The van der Waals surface area contributed by atoms with Crippen LogP contribution in [-0.4, -0.2) is 14.6 Å². The highest BCUT2D eigenvalue weighted by atomic mass is 79.9. The van der Waals surface area contributed by atoms with Crippen molar-refractivity contribution >= 4 is 43.8 Å².